The van der Waals surface area contributed by atoms with Gasteiger partial charge in [-0.25, -0.2) is 0 Å². The molecular formula is C9H8F2O. The van der Waals surface area contributed by atoms with Gasteiger partial charge < -0.3 is 5.11 Å². The summed E-state index contributed by atoms with van der Waals surface area (Å²) in [6.45, 7) is 0. The van der Waals surface area contributed by atoms with E-state index in [0.717, 1.165) is 0 Å². The molecule has 1 aliphatic carbocycles. The van der Waals surface area contributed by atoms with Crippen LogP contribution in [-0.2, 0) is 12.3 Å². The zero-order chi connectivity index (χ0) is 8.77. The molecule has 0 bridgehead atoms. The van der Waals surface area contributed by atoms with Gasteiger partial charge in [0.05, 0.1) is 0 Å². The van der Waals surface area contributed by atoms with Gasteiger partial charge >= 0.3 is 0 Å². The van der Waals surface area contributed by atoms with Crippen LogP contribution in [0.4, 0.5) is 8.78 Å². The van der Waals surface area contributed by atoms with Crippen LogP contribution in [0, 0.1) is 0 Å². The standard InChI is InChI=1S/C9H8F2O/c10-9(11)7-4-2-1-3-6(7)5-8(9)12/h1-4,8,12H,5H2. The summed E-state index contributed by atoms with van der Waals surface area (Å²) in [6.07, 6.45) is -1.49. The maximum absolute atomic E-state index is 13.1. The van der Waals surface area contributed by atoms with Crippen molar-refractivity contribution in [3.8, 4) is 0 Å². The Morgan fingerprint density at radius 2 is 2.00 bits per heavy atom. The summed E-state index contributed by atoms with van der Waals surface area (Å²) in [5.74, 6) is -3.06. The largest absolute Gasteiger partial charge is 0.386 e. The van der Waals surface area contributed by atoms with Gasteiger partial charge in [0, 0.05) is 12.0 Å². The summed E-state index contributed by atoms with van der Waals surface area (Å²) in [5.41, 5.74) is 0.521. The topological polar surface area (TPSA) is 20.2 Å². The van der Waals surface area contributed by atoms with Crippen LogP contribution in [-0.4, -0.2) is 11.2 Å². The van der Waals surface area contributed by atoms with Crippen molar-refractivity contribution < 1.29 is 13.9 Å². The fraction of sp³-hybridized carbons (Fsp3) is 0.333. The molecule has 0 saturated carbocycles. The van der Waals surface area contributed by atoms with Crippen LogP contribution >= 0.6 is 0 Å². The minimum atomic E-state index is -3.06. The minimum absolute atomic E-state index is 0.0301. The van der Waals surface area contributed by atoms with E-state index in [1.807, 2.05) is 0 Å². The van der Waals surface area contributed by atoms with E-state index < -0.39 is 12.0 Å². The Balaban J connectivity index is 2.55. The molecule has 1 unspecified atom stereocenters. The van der Waals surface area contributed by atoms with Crippen molar-refractivity contribution >= 4 is 0 Å². The van der Waals surface area contributed by atoms with Crippen LogP contribution in [0.1, 0.15) is 11.1 Å². The number of rotatable bonds is 0. The second kappa shape index (κ2) is 2.26. The maximum atomic E-state index is 13.1. The first-order valence-corrected chi connectivity index (χ1v) is 3.76. The highest BCUT2D eigenvalue weighted by molar-refractivity contribution is 5.37. The number of hydrogen-bond donors (Lipinski definition) is 1. The Kier molecular flexibility index (Phi) is 1.45. The van der Waals surface area contributed by atoms with Crippen molar-refractivity contribution in [2.45, 2.75) is 18.4 Å². The maximum Gasteiger partial charge on any atom is 0.299 e. The van der Waals surface area contributed by atoms with E-state index in [1.165, 1.54) is 6.07 Å². The normalized spacial score (nSPS) is 25.4. The third kappa shape index (κ3) is 0.862. The van der Waals surface area contributed by atoms with E-state index in [9.17, 15) is 8.78 Å². The summed E-state index contributed by atoms with van der Waals surface area (Å²) >= 11 is 0. The molecule has 0 radical (unpaired) electrons. The molecule has 0 aromatic heterocycles. The van der Waals surface area contributed by atoms with Gasteiger partial charge in [-0.15, -0.1) is 0 Å². The third-order valence-electron chi connectivity index (χ3n) is 2.21. The first-order valence-electron chi connectivity index (χ1n) is 3.76. The summed E-state index contributed by atoms with van der Waals surface area (Å²) in [4.78, 5) is 0. The lowest BCUT2D eigenvalue weighted by atomic mass is 10.1. The number of fused-ring (bicyclic) bond motifs is 1. The SMILES string of the molecule is OC1Cc2ccccc2C1(F)F. The molecule has 0 aliphatic heterocycles. The molecule has 1 atom stereocenters. The first-order chi connectivity index (χ1) is 5.62. The highest BCUT2D eigenvalue weighted by atomic mass is 19.3. The third-order valence-corrected chi connectivity index (χ3v) is 2.21. The lowest BCUT2D eigenvalue weighted by Gasteiger charge is -2.13. The van der Waals surface area contributed by atoms with Gasteiger partial charge in [0.2, 0.25) is 0 Å². The van der Waals surface area contributed by atoms with Crippen molar-refractivity contribution in [1.82, 2.24) is 0 Å². The monoisotopic (exact) mass is 170 g/mol. The van der Waals surface area contributed by atoms with E-state index in [-0.39, 0.29) is 12.0 Å². The lowest BCUT2D eigenvalue weighted by Crippen LogP contribution is -2.25. The second-order valence-electron chi connectivity index (χ2n) is 3.00. The van der Waals surface area contributed by atoms with Gasteiger partial charge in [-0.3, -0.25) is 0 Å². The molecule has 0 fully saturated rings. The molecule has 64 valence electrons. The Hall–Kier alpha value is -0.960. The molecule has 1 N–H and O–H groups in total. The molecule has 0 heterocycles. The van der Waals surface area contributed by atoms with Crippen molar-refractivity contribution in [3.05, 3.63) is 35.4 Å². The molecule has 0 spiro atoms. The number of hydrogen-bond acceptors (Lipinski definition) is 1. The van der Waals surface area contributed by atoms with Crippen LogP contribution < -0.4 is 0 Å². The van der Waals surface area contributed by atoms with E-state index in [2.05, 4.69) is 0 Å². The van der Waals surface area contributed by atoms with Crippen molar-refractivity contribution in [2.75, 3.05) is 0 Å². The predicted molar refractivity (Wildman–Crippen MR) is 40.0 cm³/mol. The summed E-state index contributed by atoms with van der Waals surface area (Å²) in [6, 6.07) is 6.25. The van der Waals surface area contributed by atoms with Gasteiger partial charge in [0.25, 0.3) is 5.92 Å². The second-order valence-corrected chi connectivity index (χ2v) is 3.00. The molecule has 1 aromatic rings. The Morgan fingerprint density at radius 1 is 1.33 bits per heavy atom. The van der Waals surface area contributed by atoms with Crippen molar-refractivity contribution in [2.24, 2.45) is 0 Å². The highest BCUT2D eigenvalue weighted by Crippen LogP contribution is 2.41. The molecule has 0 amide bonds. The molecule has 1 nitrogen and oxygen atoms in total. The van der Waals surface area contributed by atoms with E-state index in [0.29, 0.717) is 5.56 Å². The van der Waals surface area contributed by atoms with Gasteiger partial charge in [-0.05, 0) is 5.56 Å². The van der Waals surface area contributed by atoms with Crippen molar-refractivity contribution in [1.29, 1.82) is 0 Å². The van der Waals surface area contributed by atoms with Crippen LogP contribution in [0.3, 0.4) is 0 Å². The average molecular weight is 170 g/mol. The fourth-order valence-electron chi connectivity index (χ4n) is 1.54. The summed E-state index contributed by atoms with van der Waals surface area (Å²) < 4.78 is 26.2. The average Bonchev–Trinajstić information content (AvgIpc) is 2.25. The Labute approximate surface area is 68.6 Å². The molecule has 12 heavy (non-hydrogen) atoms. The van der Waals surface area contributed by atoms with Gasteiger partial charge in [-0.2, -0.15) is 8.78 Å². The molecule has 2 rings (SSSR count). The van der Waals surface area contributed by atoms with Crippen molar-refractivity contribution in [3.63, 3.8) is 0 Å². The zero-order valence-corrected chi connectivity index (χ0v) is 6.30. The smallest absolute Gasteiger partial charge is 0.299 e. The lowest BCUT2D eigenvalue weighted by molar-refractivity contribution is -0.101. The highest BCUT2D eigenvalue weighted by Gasteiger charge is 2.47. The van der Waals surface area contributed by atoms with Gasteiger partial charge in [-0.1, -0.05) is 24.3 Å². The molecular weight excluding hydrogens is 162 g/mol. The number of benzene rings is 1. The number of halogens is 2. The number of alkyl halides is 2. The predicted octanol–water partition coefficient (Wildman–Crippen LogP) is 1.70. The zero-order valence-electron chi connectivity index (χ0n) is 6.30. The van der Waals surface area contributed by atoms with E-state index >= 15 is 0 Å². The van der Waals surface area contributed by atoms with E-state index in [1.54, 1.807) is 18.2 Å². The molecule has 1 aliphatic rings. The molecule has 1 aromatic carbocycles. The van der Waals surface area contributed by atoms with Gasteiger partial charge in [0.1, 0.15) is 6.10 Å². The Morgan fingerprint density at radius 3 is 2.67 bits per heavy atom. The quantitative estimate of drug-likeness (QED) is 0.628. The number of aliphatic hydroxyl groups excluding tert-OH is 1. The minimum Gasteiger partial charge on any atom is -0.386 e. The van der Waals surface area contributed by atoms with Gasteiger partial charge in [0.15, 0.2) is 0 Å². The molecule has 0 saturated heterocycles. The van der Waals surface area contributed by atoms with E-state index in [4.69, 9.17) is 5.11 Å². The van der Waals surface area contributed by atoms with Crippen LogP contribution in [0.5, 0.6) is 0 Å². The first kappa shape index (κ1) is 7.68. The Bertz CT molecular complexity index is 309. The summed E-state index contributed by atoms with van der Waals surface area (Å²) in [5, 5.41) is 9.03. The van der Waals surface area contributed by atoms with Crippen LogP contribution in [0.15, 0.2) is 24.3 Å². The summed E-state index contributed by atoms with van der Waals surface area (Å²) in [7, 11) is 0. The van der Waals surface area contributed by atoms with Crippen LogP contribution in [0.25, 0.3) is 0 Å². The van der Waals surface area contributed by atoms with Crippen LogP contribution in [0.2, 0.25) is 0 Å². The number of aliphatic hydroxyl groups is 1. The molecule has 3 heteroatoms. The fourth-order valence-corrected chi connectivity index (χ4v) is 1.54.